The molecule has 170 valence electrons. The summed E-state index contributed by atoms with van der Waals surface area (Å²) < 4.78 is 0. The van der Waals surface area contributed by atoms with Gasteiger partial charge in [-0.1, -0.05) is 84.9 Å². The molecular formula is C30H28N2O2. The number of rotatable bonds is 2. The fourth-order valence-corrected chi connectivity index (χ4v) is 3.06. The van der Waals surface area contributed by atoms with E-state index >= 15 is 0 Å². The Bertz CT molecular complexity index is 1140. The van der Waals surface area contributed by atoms with Gasteiger partial charge in [0.1, 0.15) is 11.5 Å². The molecular weight excluding hydrogens is 420 g/mol. The molecule has 4 nitrogen and oxygen atoms in total. The maximum atomic E-state index is 9.10. The molecule has 0 saturated carbocycles. The van der Waals surface area contributed by atoms with Crippen molar-refractivity contribution in [1.29, 1.82) is 0 Å². The normalized spacial score (nSPS) is 9.65. The van der Waals surface area contributed by atoms with Gasteiger partial charge < -0.3 is 21.7 Å². The third-order valence-corrected chi connectivity index (χ3v) is 4.89. The topological polar surface area (TPSA) is 92.5 Å². The van der Waals surface area contributed by atoms with Crippen molar-refractivity contribution >= 4 is 11.4 Å². The van der Waals surface area contributed by atoms with Crippen molar-refractivity contribution in [2.45, 2.75) is 0 Å². The molecule has 6 N–H and O–H groups in total. The molecule has 0 spiro atoms. The standard InChI is InChI=1S/2C12H10O.C6H8N2/c2*13-12-8-6-11(7-9-12)10-4-2-1-3-5-10;7-5-1-2-6(8)4-3-5/h2*1-9,13H;1-4H,7-8H2. The average Bonchev–Trinajstić information content (AvgIpc) is 2.89. The second-order valence-corrected chi connectivity index (χ2v) is 7.49. The molecule has 5 rings (SSSR count). The summed E-state index contributed by atoms with van der Waals surface area (Å²) in [6.07, 6.45) is 0. The smallest absolute Gasteiger partial charge is 0.115 e. The maximum Gasteiger partial charge on any atom is 0.115 e. The summed E-state index contributed by atoms with van der Waals surface area (Å²) in [6.45, 7) is 0. The molecule has 5 aromatic carbocycles. The van der Waals surface area contributed by atoms with Crippen LogP contribution in [0, 0.1) is 0 Å². The number of hydrogen-bond donors (Lipinski definition) is 4. The van der Waals surface area contributed by atoms with Crippen LogP contribution in [-0.4, -0.2) is 10.2 Å². The Morgan fingerprint density at radius 1 is 0.324 bits per heavy atom. The van der Waals surface area contributed by atoms with Crippen molar-refractivity contribution in [1.82, 2.24) is 0 Å². The quantitative estimate of drug-likeness (QED) is 0.219. The molecule has 0 amide bonds. The Balaban J connectivity index is 0.000000148. The molecule has 0 aliphatic rings. The number of phenols is 2. The van der Waals surface area contributed by atoms with Crippen molar-refractivity contribution < 1.29 is 10.2 Å². The Hall–Kier alpha value is -4.70. The molecule has 4 heteroatoms. The molecule has 0 aliphatic carbocycles. The van der Waals surface area contributed by atoms with E-state index in [1.165, 1.54) is 11.1 Å². The average molecular weight is 449 g/mol. The lowest BCUT2D eigenvalue weighted by Crippen LogP contribution is -1.86. The Labute approximate surface area is 200 Å². The van der Waals surface area contributed by atoms with Gasteiger partial charge >= 0.3 is 0 Å². The molecule has 0 aliphatic heterocycles. The summed E-state index contributed by atoms with van der Waals surface area (Å²) in [7, 11) is 0. The van der Waals surface area contributed by atoms with E-state index in [0.29, 0.717) is 11.5 Å². The summed E-state index contributed by atoms with van der Waals surface area (Å²) in [5.74, 6) is 0.611. The monoisotopic (exact) mass is 448 g/mol. The summed E-state index contributed by atoms with van der Waals surface area (Å²) in [6, 6.07) is 41.7. The van der Waals surface area contributed by atoms with Crippen molar-refractivity contribution in [2.75, 3.05) is 11.5 Å². The largest absolute Gasteiger partial charge is 0.508 e. The highest BCUT2D eigenvalue weighted by Gasteiger charge is 1.95. The van der Waals surface area contributed by atoms with Crippen LogP contribution in [0.2, 0.25) is 0 Å². The minimum absolute atomic E-state index is 0.305. The summed E-state index contributed by atoms with van der Waals surface area (Å²) in [5, 5.41) is 18.2. The first kappa shape index (κ1) is 24.0. The highest BCUT2D eigenvalue weighted by atomic mass is 16.3. The minimum Gasteiger partial charge on any atom is -0.508 e. The lowest BCUT2D eigenvalue weighted by molar-refractivity contribution is 0.475. The van der Waals surface area contributed by atoms with Crippen molar-refractivity contribution in [3.05, 3.63) is 133 Å². The van der Waals surface area contributed by atoms with Crippen LogP contribution in [0.1, 0.15) is 0 Å². The highest BCUT2D eigenvalue weighted by Crippen LogP contribution is 2.22. The van der Waals surface area contributed by atoms with Crippen molar-refractivity contribution in [3.8, 4) is 33.8 Å². The van der Waals surface area contributed by atoms with Gasteiger partial charge in [0.15, 0.2) is 0 Å². The van der Waals surface area contributed by atoms with E-state index in [9.17, 15) is 0 Å². The molecule has 0 unspecified atom stereocenters. The zero-order chi connectivity index (χ0) is 24.2. The minimum atomic E-state index is 0.305. The van der Waals surface area contributed by atoms with E-state index in [1.807, 2.05) is 84.9 Å². The van der Waals surface area contributed by atoms with Gasteiger partial charge in [-0.15, -0.1) is 0 Å². The predicted octanol–water partition coefficient (Wildman–Crippen LogP) is 6.97. The summed E-state index contributed by atoms with van der Waals surface area (Å²) in [4.78, 5) is 0. The number of aromatic hydroxyl groups is 2. The van der Waals surface area contributed by atoms with Crippen LogP contribution >= 0.6 is 0 Å². The third-order valence-electron chi connectivity index (χ3n) is 4.89. The van der Waals surface area contributed by atoms with Crippen molar-refractivity contribution in [3.63, 3.8) is 0 Å². The van der Waals surface area contributed by atoms with E-state index in [1.54, 1.807) is 48.5 Å². The Morgan fingerprint density at radius 2 is 0.588 bits per heavy atom. The number of phenolic OH excluding ortho intramolecular Hbond substituents is 2. The van der Waals surface area contributed by atoms with Gasteiger partial charge in [-0.3, -0.25) is 0 Å². The molecule has 0 atom stereocenters. The molecule has 0 heterocycles. The van der Waals surface area contributed by atoms with E-state index in [0.717, 1.165) is 22.5 Å². The molecule has 0 radical (unpaired) electrons. The van der Waals surface area contributed by atoms with Gasteiger partial charge in [0.2, 0.25) is 0 Å². The predicted molar refractivity (Wildman–Crippen MR) is 142 cm³/mol. The SMILES string of the molecule is Nc1ccc(N)cc1.Oc1ccc(-c2ccccc2)cc1.Oc1ccc(-c2ccccc2)cc1. The van der Waals surface area contributed by atoms with Crippen LogP contribution in [0.25, 0.3) is 22.3 Å². The van der Waals surface area contributed by atoms with Crippen LogP contribution in [-0.2, 0) is 0 Å². The van der Waals surface area contributed by atoms with Gasteiger partial charge in [0, 0.05) is 11.4 Å². The first-order chi connectivity index (χ1) is 16.5. The lowest BCUT2D eigenvalue weighted by atomic mass is 10.1. The second-order valence-electron chi connectivity index (χ2n) is 7.49. The third kappa shape index (κ3) is 7.77. The Kier molecular flexibility index (Phi) is 8.71. The number of anilines is 2. The number of nitrogen functional groups attached to an aromatic ring is 2. The summed E-state index contributed by atoms with van der Waals surface area (Å²) in [5.41, 5.74) is 16.8. The molecule has 0 saturated heterocycles. The van der Waals surface area contributed by atoms with Gasteiger partial charge in [-0.2, -0.15) is 0 Å². The molecule has 0 fully saturated rings. The molecule has 5 aromatic rings. The first-order valence-corrected chi connectivity index (χ1v) is 10.8. The molecule has 34 heavy (non-hydrogen) atoms. The zero-order valence-corrected chi connectivity index (χ0v) is 18.8. The van der Waals surface area contributed by atoms with Gasteiger partial charge in [-0.05, 0) is 70.8 Å². The fraction of sp³-hybridized carbons (Fsp3) is 0. The van der Waals surface area contributed by atoms with Crippen LogP contribution in [0.3, 0.4) is 0 Å². The number of nitrogens with two attached hydrogens (primary N) is 2. The van der Waals surface area contributed by atoms with Crippen LogP contribution < -0.4 is 11.5 Å². The Morgan fingerprint density at radius 3 is 0.882 bits per heavy atom. The maximum absolute atomic E-state index is 9.10. The van der Waals surface area contributed by atoms with Crippen LogP contribution in [0.5, 0.6) is 11.5 Å². The van der Waals surface area contributed by atoms with E-state index in [2.05, 4.69) is 0 Å². The number of hydrogen-bond acceptors (Lipinski definition) is 4. The van der Waals surface area contributed by atoms with Crippen LogP contribution in [0.15, 0.2) is 133 Å². The van der Waals surface area contributed by atoms with E-state index in [4.69, 9.17) is 21.7 Å². The lowest BCUT2D eigenvalue weighted by Gasteiger charge is -2.00. The fourth-order valence-electron chi connectivity index (χ4n) is 3.06. The highest BCUT2D eigenvalue weighted by molar-refractivity contribution is 5.64. The van der Waals surface area contributed by atoms with Gasteiger partial charge in [0.25, 0.3) is 0 Å². The second kappa shape index (κ2) is 12.4. The van der Waals surface area contributed by atoms with Gasteiger partial charge in [0.05, 0.1) is 0 Å². The molecule has 0 aromatic heterocycles. The molecule has 0 bridgehead atoms. The van der Waals surface area contributed by atoms with Gasteiger partial charge in [-0.25, -0.2) is 0 Å². The number of benzene rings is 5. The summed E-state index contributed by atoms with van der Waals surface area (Å²) >= 11 is 0. The van der Waals surface area contributed by atoms with Crippen LogP contribution in [0.4, 0.5) is 11.4 Å². The van der Waals surface area contributed by atoms with Crippen molar-refractivity contribution in [2.24, 2.45) is 0 Å². The first-order valence-electron chi connectivity index (χ1n) is 10.8. The zero-order valence-electron chi connectivity index (χ0n) is 18.8. The van der Waals surface area contributed by atoms with E-state index < -0.39 is 0 Å². The van der Waals surface area contributed by atoms with E-state index in [-0.39, 0.29) is 0 Å².